The van der Waals surface area contributed by atoms with Gasteiger partial charge in [-0.15, -0.1) is 9.42 Å². The van der Waals surface area contributed by atoms with Gasteiger partial charge in [0, 0.05) is 4.57 Å². The van der Waals surface area contributed by atoms with Crippen LogP contribution in [0, 0.1) is 5.92 Å². The van der Waals surface area contributed by atoms with Crippen molar-refractivity contribution in [2.24, 2.45) is 5.92 Å². The van der Waals surface area contributed by atoms with Gasteiger partial charge in [0.25, 0.3) is 0 Å². The Labute approximate surface area is 148 Å². The van der Waals surface area contributed by atoms with E-state index in [1.54, 1.807) is 6.92 Å². The van der Waals surface area contributed by atoms with Crippen molar-refractivity contribution >= 4 is 14.2 Å². The molecule has 2 unspecified atom stereocenters. The summed E-state index contributed by atoms with van der Waals surface area (Å²) < 4.78 is 20.3. The summed E-state index contributed by atoms with van der Waals surface area (Å²) >= 11 is 0. The molecule has 1 N–H and O–H groups in total. The summed E-state index contributed by atoms with van der Waals surface area (Å²) in [5.74, 6) is -0.445. The molecular formula is C18H36O5P+. The first-order valence-electron chi connectivity index (χ1n) is 9.57. The summed E-state index contributed by atoms with van der Waals surface area (Å²) in [7, 11) is -2.59. The van der Waals surface area contributed by atoms with Crippen LogP contribution in [0.5, 0.6) is 0 Å². The van der Waals surface area contributed by atoms with Gasteiger partial charge in [-0.25, -0.2) is 0 Å². The molecule has 0 aromatic carbocycles. The molecule has 0 heterocycles. The van der Waals surface area contributed by atoms with Crippen molar-refractivity contribution in [3.05, 3.63) is 0 Å². The lowest BCUT2D eigenvalue weighted by Gasteiger charge is -2.14. The molecule has 0 radical (unpaired) electrons. The number of hydrogen-bond donors (Lipinski definition) is 1. The second-order valence-electron chi connectivity index (χ2n) is 6.28. The molecule has 0 saturated carbocycles. The van der Waals surface area contributed by atoms with Gasteiger partial charge in [-0.3, -0.25) is 4.79 Å². The van der Waals surface area contributed by atoms with Crippen LogP contribution in [0.15, 0.2) is 0 Å². The quantitative estimate of drug-likeness (QED) is 0.209. The summed E-state index contributed by atoms with van der Waals surface area (Å²) in [5, 5.41) is 0. The molecule has 0 aromatic rings. The molecule has 0 fully saturated rings. The van der Waals surface area contributed by atoms with E-state index < -0.39 is 8.25 Å². The van der Waals surface area contributed by atoms with Crippen LogP contribution in [0.4, 0.5) is 0 Å². The third kappa shape index (κ3) is 15.0. The highest BCUT2D eigenvalue weighted by atomic mass is 31.1. The van der Waals surface area contributed by atoms with Gasteiger partial charge in [-0.2, -0.15) is 0 Å². The van der Waals surface area contributed by atoms with Crippen LogP contribution >= 0.6 is 8.25 Å². The predicted molar refractivity (Wildman–Crippen MR) is 97.0 cm³/mol. The smallest absolute Gasteiger partial charge is 0.466 e. The fraction of sp³-hybridized carbons (Fsp3) is 0.944. The zero-order chi connectivity index (χ0) is 18.0. The molecule has 142 valence electrons. The number of unbranched alkanes of at least 4 members (excludes halogenated alkanes) is 9. The highest BCUT2D eigenvalue weighted by Gasteiger charge is 2.22. The molecule has 0 amide bonds. The van der Waals surface area contributed by atoms with Crippen LogP contribution in [0.2, 0.25) is 0 Å². The molecule has 0 aromatic heterocycles. The molecule has 24 heavy (non-hydrogen) atoms. The number of carbonyl (C=O) groups excluding carboxylic acids is 1. The minimum atomic E-state index is -2.59. The molecule has 5 nitrogen and oxygen atoms in total. The Morgan fingerprint density at radius 2 is 1.46 bits per heavy atom. The molecule has 0 aliphatic carbocycles. The van der Waals surface area contributed by atoms with Gasteiger partial charge in [0.05, 0.1) is 12.5 Å². The van der Waals surface area contributed by atoms with Crippen molar-refractivity contribution in [1.82, 2.24) is 0 Å². The van der Waals surface area contributed by atoms with E-state index in [-0.39, 0.29) is 18.5 Å². The van der Waals surface area contributed by atoms with Gasteiger partial charge >= 0.3 is 14.2 Å². The van der Waals surface area contributed by atoms with E-state index in [0.29, 0.717) is 13.0 Å². The van der Waals surface area contributed by atoms with Crippen molar-refractivity contribution in [2.75, 3.05) is 13.2 Å². The van der Waals surface area contributed by atoms with Crippen LogP contribution in [0.25, 0.3) is 0 Å². The minimum Gasteiger partial charge on any atom is -0.466 e. The molecule has 0 spiro atoms. The van der Waals surface area contributed by atoms with Crippen LogP contribution in [-0.2, 0) is 18.6 Å². The Hall–Kier alpha value is -0.510. The topological polar surface area (TPSA) is 72.8 Å². The van der Waals surface area contributed by atoms with E-state index in [4.69, 9.17) is 9.63 Å². The normalized spacial score (nSPS) is 12.9. The first-order valence-corrected chi connectivity index (χ1v) is 10.7. The lowest BCUT2D eigenvalue weighted by atomic mass is 9.97. The van der Waals surface area contributed by atoms with Crippen molar-refractivity contribution in [2.45, 2.75) is 90.9 Å². The lowest BCUT2D eigenvalue weighted by molar-refractivity contribution is -0.148. The van der Waals surface area contributed by atoms with Gasteiger partial charge in [0.2, 0.25) is 0 Å². The molecule has 6 heteroatoms. The molecule has 0 aliphatic rings. The highest BCUT2D eigenvalue weighted by molar-refractivity contribution is 7.32. The Bertz CT molecular complexity index is 323. The third-order valence-electron chi connectivity index (χ3n) is 4.19. The van der Waals surface area contributed by atoms with Crippen molar-refractivity contribution in [1.29, 1.82) is 0 Å². The zero-order valence-electron chi connectivity index (χ0n) is 15.5. The van der Waals surface area contributed by atoms with E-state index in [2.05, 4.69) is 11.4 Å². The van der Waals surface area contributed by atoms with Gasteiger partial charge < -0.3 is 4.74 Å². The molecule has 2 atom stereocenters. The molecule has 0 aliphatic heterocycles. The fourth-order valence-electron chi connectivity index (χ4n) is 2.79. The van der Waals surface area contributed by atoms with E-state index in [0.717, 1.165) is 19.3 Å². The average molecular weight is 363 g/mol. The number of ether oxygens (including phenoxy) is 1. The Morgan fingerprint density at radius 1 is 0.917 bits per heavy atom. The lowest BCUT2D eigenvalue weighted by Crippen LogP contribution is -2.19. The second-order valence-corrected chi connectivity index (χ2v) is 7.01. The van der Waals surface area contributed by atoms with Crippen molar-refractivity contribution in [3.63, 3.8) is 0 Å². The highest BCUT2D eigenvalue weighted by Crippen LogP contribution is 2.21. The average Bonchev–Trinajstić information content (AvgIpc) is 2.54. The number of carbonyl (C=O) groups is 1. The van der Waals surface area contributed by atoms with Gasteiger partial charge in [-0.05, 0) is 19.8 Å². The minimum absolute atomic E-state index is 0.118. The summed E-state index contributed by atoms with van der Waals surface area (Å²) in [6.07, 6.45) is 13.8. The summed E-state index contributed by atoms with van der Waals surface area (Å²) in [4.78, 5) is 20.5. The van der Waals surface area contributed by atoms with Crippen LogP contribution in [0.1, 0.15) is 90.9 Å². The first-order chi connectivity index (χ1) is 11.6. The van der Waals surface area contributed by atoms with Gasteiger partial charge in [0.15, 0.2) is 0 Å². The van der Waals surface area contributed by atoms with E-state index in [1.165, 1.54) is 51.4 Å². The van der Waals surface area contributed by atoms with Crippen LogP contribution < -0.4 is 0 Å². The largest absolute Gasteiger partial charge is 0.694 e. The molecule has 0 bridgehead atoms. The predicted octanol–water partition coefficient (Wildman–Crippen LogP) is 5.53. The summed E-state index contributed by atoms with van der Waals surface area (Å²) in [6, 6.07) is 0. The number of esters is 1. The molecular weight excluding hydrogens is 327 g/mol. The number of hydrogen-bond acceptors (Lipinski definition) is 4. The molecule has 0 rings (SSSR count). The van der Waals surface area contributed by atoms with Crippen LogP contribution in [0.3, 0.4) is 0 Å². The second kappa shape index (κ2) is 17.3. The first kappa shape index (κ1) is 23.5. The van der Waals surface area contributed by atoms with E-state index in [9.17, 15) is 9.36 Å². The third-order valence-corrected chi connectivity index (χ3v) is 4.60. The number of rotatable bonds is 17. The maximum absolute atomic E-state index is 11.9. The van der Waals surface area contributed by atoms with Crippen molar-refractivity contribution in [3.8, 4) is 0 Å². The maximum atomic E-state index is 11.9. The standard InChI is InChI=1S/C18H35O5P/c1-3-5-6-7-8-9-10-11-12-13-14-17(18(19)22-4-2)15-16-23-24(20)21/h17H,3-16H2,1-2H3/p+1. The van der Waals surface area contributed by atoms with E-state index in [1.807, 2.05) is 0 Å². The van der Waals surface area contributed by atoms with Crippen LogP contribution in [-0.4, -0.2) is 24.1 Å². The molecule has 0 saturated heterocycles. The van der Waals surface area contributed by atoms with Gasteiger partial charge in [-0.1, -0.05) is 71.1 Å². The Balaban J connectivity index is 3.73. The maximum Gasteiger partial charge on any atom is 0.694 e. The van der Waals surface area contributed by atoms with Crippen molar-refractivity contribution < 1.29 is 23.5 Å². The fourth-order valence-corrected chi connectivity index (χ4v) is 3.05. The Kier molecular flexibility index (Phi) is 16.9. The van der Waals surface area contributed by atoms with E-state index >= 15 is 0 Å². The SMILES string of the molecule is CCCCCCCCCCCCC(CCO[P+](=O)O)C(=O)OCC. The summed E-state index contributed by atoms with van der Waals surface area (Å²) in [5.41, 5.74) is 0. The zero-order valence-corrected chi connectivity index (χ0v) is 16.4. The Morgan fingerprint density at radius 3 is 1.96 bits per heavy atom. The van der Waals surface area contributed by atoms with Gasteiger partial charge in [0.1, 0.15) is 6.61 Å². The monoisotopic (exact) mass is 363 g/mol. The summed E-state index contributed by atoms with van der Waals surface area (Å²) in [6.45, 7) is 4.51.